The molecule has 1 N–H and O–H groups in total. The zero-order valence-corrected chi connectivity index (χ0v) is 13.5. The van der Waals surface area contributed by atoms with E-state index in [9.17, 15) is 17.6 Å². The molecule has 0 aliphatic rings. The maximum atomic E-state index is 12.8. The zero-order chi connectivity index (χ0) is 16.6. The molecule has 0 aliphatic carbocycles. The number of nitrogens with one attached hydrogen (secondary N) is 1. The zero-order valence-electron chi connectivity index (χ0n) is 12.7. The molecule has 0 fully saturated rings. The van der Waals surface area contributed by atoms with Crippen LogP contribution in [0.25, 0.3) is 0 Å². The van der Waals surface area contributed by atoms with E-state index in [0.29, 0.717) is 19.6 Å². The van der Waals surface area contributed by atoms with Crippen molar-refractivity contribution in [1.29, 1.82) is 0 Å². The second-order valence-electron chi connectivity index (χ2n) is 4.82. The molecule has 0 heterocycles. The maximum absolute atomic E-state index is 12.8. The fourth-order valence-corrected chi connectivity index (χ4v) is 2.55. The quantitative estimate of drug-likeness (QED) is 0.664. The highest BCUT2D eigenvalue weighted by molar-refractivity contribution is 7.88. The smallest absolute Gasteiger partial charge is 0.235 e. The largest absolute Gasteiger partial charge is 0.383 e. The van der Waals surface area contributed by atoms with Crippen molar-refractivity contribution in [3.63, 3.8) is 0 Å². The highest BCUT2D eigenvalue weighted by Gasteiger charge is 2.19. The van der Waals surface area contributed by atoms with E-state index in [1.165, 1.54) is 19.2 Å². The van der Waals surface area contributed by atoms with Gasteiger partial charge in [-0.15, -0.1) is 0 Å². The molecule has 8 heteroatoms. The Hall–Kier alpha value is -1.51. The lowest BCUT2D eigenvalue weighted by Crippen LogP contribution is -2.42. The first-order valence-electron chi connectivity index (χ1n) is 6.78. The van der Waals surface area contributed by atoms with E-state index in [0.717, 1.165) is 16.1 Å². The minimum absolute atomic E-state index is 0.155. The van der Waals surface area contributed by atoms with Crippen LogP contribution in [0.15, 0.2) is 24.3 Å². The van der Waals surface area contributed by atoms with Crippen LogP contribution < -0.4 is 5.32 Å². The number of rotatable bonds is 9. The Morgan fingerprint density at radius 2 is 1.95 bits per heavy atom. The summed E-state index contributed by atoms with van der Waals surface area (Å²) >= 11 is 0. The maximum Gasteiger partial charge on any atom is 0.235 e. The van der Waals surface area contributed by atoms with E-state index in [1.807, 2.05) is 0 Å². The van der Waals surface area contributed by atoms with Crippen LogP contribution >= 0.6 is 0 Å². The van der Waals surface area contributed by atoms with E-state index < -0.39 is 10.0 Å². The number of hydrogen-bond donors (Lipinski definition) is 1. The van der Waals surface area contributed by atoms with Crippen molar-refractivity contribution in [3.05, 3.63) is 35.6 Å². The van der Waals surface area contributed by atoms with Crippen LogP contribution in [0.3, 0.4) is 0 Å². The van der Waals surface area contributed by atoms with Gasteiger partial charge in [-0.05, 0) is 24.1 Å². The average molecular weight is 332 g/mol. The molecular weight excluding hydrogens is 311 g/mol. The average Bonchev–Trinajstić information content (AvgIpc) is 2.44. The highest BCUT2D eigenvalue weighted by atomic mass is 32.2. The van der Waals surface area contributed by atoms with Crippen LogP contribution in [0.2, 0.25) is 0 Å². The minimum Gasteiger partial charge on any atom is -0.383 e. The van der Waals surface area contributed by atoms with Crippen LogP contribution in [0, 0.1) is 5.82 Å². The second kappa shape index (κ2) is 8.82. The Morgan fingerprint density at radius 1 is 1.32 bits per heavy atom. The van der Waals surface area contributed by atoms with Gasteiger partial charge in [0, 0.05) is 20.2 Å². The molecule has 0 aromatic heterocycles. The Bertz CT molecular complexity index is 575. The van der Waals surface area contributed by atoms with Gasteiger partial charge in [-0.1, -0.05) is 12.1 Å². The third-order valence-corrected chi connectivity index (χ3v) is 4.23. The number of benzene rings is 1. The topological polar surface area (TPSA) is 75.7 Å². The van der Waals surface area contributed by atoms with Gasteiger partial charge < -0.3 is 10.1 Å². The van der Waals surface area contributed by atoms with Gasteiger partial charge in [-0.2, -0.15) is 4.31 Å². The molecule has 0 radical (unpaired) electrons. The van der Waals surface area contributed by atoms with E-state index in [4.69, 9.17) is 4.74 Å². The lowest BCUT2D eigenvalue weighted by Gasteiger charge is -2.19. The summed E-state index contributed by atoms with van der Waals surface area (Å²) in [4.78, 5) is 11.7. The normalized spacial score (nSPS) is 11.6. The molecule has 1 rings (SSSR count). The Kier molecular flexibility index (Phi) is 7.43. The SMILES string of the molecule is COCCNC(=O)CN(CCc1ccc(F)cc1)S(C)(=O)=O. The molecule has 0 saturated carbocycles. The van der Waals surface area contributed by atoms with Gasteiger partial charge in [0.25, 0.3) is 0 Å². The van der Waals surface area contributed by atoms with Gasteiger partial charge in [-0.3, -0.25) is 4.79 Å². The van der Waals surface area contributed by atoms with Gasteiger partial charge in [-0.25, -0.2) is 12.8 Å². The lowest BCUT2D eigenvalue weighted by atomic mass is 10.1. The van der Waals surface area contributed by atoms with Crippen molar-refractivity contribution < 1.29 is 22.3 Å². The molecule has 1 aromatic rings. The van der Waals surface area contributed by atoms with Crippen molar-refractivity contribution in [2.45, 2.75) is 6.42 Å². The van der Waals surface area contributed by atoms with Crippen molar-refractivity contribution in [2.24, 2.45) is 0 Å². The first-order chi connectivity index (χ1) is 10.3. The second-order valence-corrected chi connectivity index (χ2v) is 6.80. The van der Waals surface area contributed by atoms with Crippen LogP contribution in [0.5, 0.6) is 0 Å². The number of amides is 1. The Morgan fingerprint density at radius 3 is 2.50 bits per heavy atom. The third-order valence-electron chi connectivity index (χ3n) is 2.98. The number of halogens is 1. The molecule has 1 amide bonds. The molecule has 0 unspecified atom stereocenters. The van der Waals surface area contributed by atoms with Crippen LogP contribution in [-0.4, -0.2) is 58.2 Å². The molecule has 1 aromatic carbocycles. The lowest BCUT2D eigenvalue weighted by molar-refractivity contribution is -0.121. The Labute approximate surface area is 130 Å². The minimum atomic E-state index is -3.50. The summed E-state index contributed by atoms with van der Waals surface area (Å²) in [7, 11) is -1.99. The molecule has 0 aliphatic heterocycles. The fraction of sp³-hybridized carbons (Fsp3) is 0.500. The predicted molar refractivity (Wildman–Crippen MR) is 81.4 cm³/mol. The molecule has 6 nitrogen and oxygen atoms in total. The van der Waals surface area contributed by atoms with E-state index in [-0.39, 0.29) is 24.8 Å². The molecule has 0 bridgehead atoms. The van der Waals surface area contributed by atoms with Crippen molar-refractivity contribution in [1.82, 2.24) is 9.62 Å². The third kappa shape index (κ3) is 6.97. The molecule has 124 valence electrons. The summed E-state index contributed by atoms with van der Waals surface area (Å²) < 4.78 is 42.2. The first kappa shape index (κ1) is 18.5. The van der Waals surface area contributed by atoms with Crippen molar-refractivity contribution >= 4 is 15.9 Å². The molecule has 0 spiro atoms. The number of carbonyl (C=O) groups excluding carboxylic acids is 1. The van der Waals surface area contributed by atoms with Gasteiger partial charge in [0.2, 0.25) is 15.9 Å². The standard InChI is InChI=1S/C14H21FN2O4S/c1-21-10-8-16-14(18)11-17(22(2,19)20)9-7-12-3-5-13(15)6-4-12/h3-6H,7-11H2,1-2H3,(H,16,18). The summed E-state index contributed by atoms with van der Waals surface area (Å²) in [6.45, 7) is 0.594. The van der Waals surface area contributed by atoms with Crippen molar-refractivity contribution in [3.8, 4) is 0 Å². The van der Waals surface area contributed by atoms with Crippen LogP contribution in [0.1, 0.15) is 5.56 Å². The van der Waals surface area contributed by atoms with Gasteiger partial charge in [0.15, 0.2) is 0 Å². The summed E-state index contributed by atoms with van der Waals surface area (Å²) in [5.74, 6) is -0.733. The Balaban J connectivity index is 2.58. The highest BCUT2D eigenvalue weighted by Crippen LogP contribution is 2.06. The monoisotopic (exact) mass is 332 g/mol. The summed E-state index contributed by atoms with van der Waals surface area (Å²) in [5, 5.41) is 2.57. The fourth-order valence-electron chi connectivity index (χ4n) is 1.78. The predicted octanol–water partition coefficient (Wildman–Crippen LogP) is 0.392. The number of ether oxygens (including phenoxy) is 1. The van der Waals surface area contributed by atoms with Gasteiger partial charge in [0.1, 0.15) is 5.82 Å². The molecule has 0 saturated heterocycles. The van der Waals surface area contributed by atoms with Crippen LogP contribution in [0.4, 0.5) is 4.39 Å². The number of sulfonamides is 1. The van der Waals surface area contributed by atoms with E-state index in [1.54, 1.807) is 12.1 Å². The molecular formula is C14H21FN2O4S. The molecule has 22 heavy (non-hydrogen) atoms. The summed E-state index contributed by atoms with van der Waals surface area (Å²) in [6, 6.07) is 5.82. The van der Waals surface area contributed by atoms with E-state index >= 15 is 0 Å². The van der Waals surface area contributed by atoms with E-state index in [2.05, 4.69) is 5.32 Å². The van der Waals surface area contributed by atoms with Gasteiger partial charge >= 0.3 is 0 Å². The number of methoxy groups -OCH3 is 1. The first-order valence-corrected chi connectivity index (χ1v) is 8.63. The summed E-state index contributed by atoms with van der Waals surface area (Å²) in [5.41, 5.74) is 0.801. The van der Waals surface area contributed by atoms with Crippen LogP contribution in [-0.2, 0) is 26.0 Å². The summed E-state index contributed by atoms with van der Waals surface area (Å²) in [6.07, 6.45) is 1.46. The number of carbonyl (C=O) groups is 1. The number of nitrogens with zero attached hydrogens (tertiary/aromatic N) is 1. The molecule has 0 atom stereocenters. The number of hydrogen-bond acceptors (Lipinski definition) is 4. The van der Waals surface area contributed by atoms with Crippen molar-refractivity contribution in [2.75, 3.05) is 39.6 Å². The van der Waals surface area contributed by atoms with Gasteiger partial charge in [0.05, 0.1) is 19.4 Å².